The van der Waals surface area contributed by atoms with E-state index in [1.807, 2.05) is 0 Å². The monoisotopic (exact) mass is 252 g/mol. The fourth-order valence-electron chi connectivity index (χ4n) is 1.21. The molecule has 1 aliphatic heterocycles. The Bertz CT molecular complexity index is 291. The van der Waals surface area contributed by atoms with Crippen LogP contribution >= 0.6 is 0 Å². The molecule has 94 valence electrons. The van der Waals surface area contributed by atoms with Crippen LogP contribution in [0.3, 0.4) is 0 Å². The van der Waals surface area contributed by atoms with Gasteiger partial charge in [0.15, 0.2) is 0 Å². The highest BCUT2D eigenvalue weighted by Gasteiger charge is 2.80. The van der Waals surface area contributed by atoms with E-state index in [4.69, 9.17) is 0 Å². The number of hydrogen-bond acceptors (Lipinski definition) is 3. The smallest absolute Gasteiger partial charge is 0.413 e. The molecular weight excluding hydrogens is 246 g/mol. The van der Waals surface area contributed by atoms with E-state index in [0.717, 1.165) is 0 Å². The van der Waals surface area contributed by atoms with Gasteiger partial charge in [0, 0.05) is 0 Å². The SMILES string of the molecule is CC1(C(F)(F)F)OC(=O)OC1(C)C(F)(F)F. The van der Waals surface area contributed by atoms with E-state index in [1.54, 1.807) is 0 Å². The predicted molar refractivity (Wildman–Crippen MR) is 36.5 cm³/mol. The van der Waals surface area contributed by atoms with Crippen LogP contribution < -0.4 is 0 Å². The normalized spacial score (nSPS) is 35.9. The van der Waals surface area contributed by atoms with E-state index in [-0.39, 0.29) is 13.8 Å². The molecule has 9 heteroatoms. The summed E-state index contributed by atoms with van der Waals surface area (Å²) in [6.45, 7) is 0.233. The molecule has 1 saturated heterocycles. The number of cyclic esters (lactones) is 2. The molecule has 16 heavy (non-hydrogen) atoms. The van der Waals surface area contributed by atoms with E-state index in [9.17, 15) is 31.1 Å². The van der Waals surface area contributed by atoms with Gasteiger partial charge in [-0.3, -0.25) is 0 Å². The van der Waals surface area contributed by atoms with Crippen LogP contribution in [0.2, 0.25) is 0 Å². The van der Waals surface area contributed by atoms with Crippen molar-refractivity contribution in [3.63, 3.8) is 0 Å². The molecule has 0 bridgehead atoms. The minimum atomic E-state index is -5.40. The van der Waals surface area contributed by atoms with Gasteiger partial charge in [-0.1, -0.05) is 0 Å². The molecule has 1 aliphatic rings. The third kappa shape index (κ3) is 1.40. The number of halogens is 6. The molecule has 0 radical (unpaired) electrons. The highest BCUT2D eigenvalue weighted by atomic mass is 19.4. The zero-order chi connectivity index (χ0) is 13.0. The van der Waals surface area contributed by atoms with E-state index >= 15 is 0 Å². The first-order valence-corrected chi connectivity index (χ1v) is 3.90. The molecule has 0 aromatic heterocycles. The van der Waals surface area contributed by atoms with Crippen LogP contribution in [0, 0.1) is 0 Å². The van der Waals surface area contributed by atoms with Gasteiger partial charge in [0.05, 0.1) is 0 Å². The van der Waals surface area contributed by atoms with Crippen molar-refractivity contribution < 1.29 is 40.6 Å². The third-order valence-corrected chi connectivity index (χ3v) is 2.57. The Hall–Kier alpha value is -1.15. The molecule has 0 amide bonds. The van der Waals surface area contributed by atoms with Gasteiger partial charge < -0.3 is 9.47 Å². The van der Waals surface area contributed by atoms with Crippen LogP contribution in [0.15, 0.2) is 0 Å². The van der Waals surface area contributed by atoms with Crippen LogP contribution in [0.5, 0.6) is 0 Å². The number of ether oxygens (including phenoxy) is 2. The first-order chi connectivity index (χ1) is 6.85. The van der Waals surface area contributed by atoms with Gasteiger partial charge in [-0.05, 0) is 13.8 Å². The molecule has 0 N–H and O–H groups in total. The Morgan fingerprint density at radius 2 is 1.12 bits per heavy atom. The first-order valence-electron chi connectivity index (χ1n) is 3.90. The Morgan fingerprint density at radius 3 is 1.31 bits per heavy atom. The zero-order valence-electron chi connectivity index (χ0n) is 7.99. The summed E-state index contributed by atoms with van der Waals surface area (Å²) in [7, 11) is 0. The van der Waals surface area contributed by atoms with Crippen molar-refractivity contribution >= 4 is 6.16 Å². The molecule has 2 unspecified atom stereocenters. The molecule has 0 saturated carbocycles. The van der Waals surface area contributed by atoms with Crippen molar-refractivity contribution in [3.8, 4) is 0 Å². The second-order valence-corrected chi connectivity index (χ2v) is 3.52. The molecule has 1 rings (SSSR count). The summed E-state index contributed by atoms with van der Waals surface area (Å²) in [6, 6.07) is 0. The number of rotatable bonds is 0. The summed E-state index contributed by atoms with van der Waals surface area (Å²) < 4.78 is 82.2. The van der Waals surface area contributed by atoms with Crippen LogP contribution in [-0.4, -0.2) is 29.7 Å². The molecule has 0 aromatic carbocycles. The first kappa shape index (κ1) is 12.9. The average molecular weight is 252 g/mol. The summed E-state index contributed by atoms with van der Waals surface area (Å²) >= 11 is 0. The quantitative estimate of drug-likeness (QED) is 0.491. The number of alkyl halides is 6. The van der Waals surface area contributed by atoms with Crippen molar-refractivity contribution in [1.29, 1.82) is 0 Å². The summed E-state index contributed by atoms with van der Waals surface area (Å²) in [5.41, 5.74) is -7.51. The lowest BCUT2D eigenvalue weighted by atomic mass is 9.84. The lowest BCUT2D eigenvalue weighted by Gasteiger charge is -2.37. The Labute approximate surface area is 85.3 Å². The minimum Gasteiger partial charge on any atom is -0.413 e. The van der Waals surface area contributed by atoms with E-state index in [1.165, 1.54) is 0 Å². The fourth-order valence-corrected chi connectivity index (χ4v) is 1.21. The third-order valence-electron chi connectivity index (χ3n) is 2.57. The second kappa shape index (κ2) is 2.95. The van der Waals surface area contributed by atoms with Crippen LogP contribution in [0.4, 0.5) is 31.1 Å². The summed E-state index contributed by atoms with van der Waals surface area (Å²) in [5.74, 6) is 0. The Kier molecular flexibility index (Phi) is 2.38. The highest BCUT2D eigenvalue weighted by molar-refractivity contribution is 5.65. The standard InChI is InChI=1S/C7H6F6O3/c1-4(6(8,9)10)5(2,7(11,12)13)16-3(14)15-4/h1-2H3. The summed E-state index contributed by atoms with van der Waals surface area (Å²) in [6.07, 6.45) is -12.8. The molecular formula is C7H6F6O3. The van der Waals surface area contributed by atoms with E-state index in [0.29, 0.717) is 0 Å². The Balaban J connectivity index is 3.34. The molecule has 0 aliphatic carbocycles. The van der Waals surface area contributed by atoms with Crippen LogP contribution in [-0.2, 0) is 9.47 Å². The van der Waals surface area contributed by atoms with Gasteiger partial charge in [0.2, 0.25) is 0 Å². The lowest BCUT2D eigenvalue weighted by Crippen LogP contribution is -2.64. The average Bonchev–Trinajstić information content (AvgIpc) is 2.21. The van der Waals surface area contributed by atoms with Crippen LogP contribution in [0.1, 0.15) is 13.8 Å². The maximum atomic E-state index is 12.5. The van der Waals surface area contributed by atoms with Crippen molar-refractivity contribution in [2.24, 2.45) is 0 Å². The van der Waals surface area contributed by atoms with Gasteiger partial charge in [0.1, 0.15) is 0 Å². The number of carbonyl (C=O) groups excluding carboxylic acids is 1. The van der Waals surface area contributed by atoms with Crippen molar-refractivity contribution in [2.45, 2.75) is 37.4 Å². The van der Waals surface area contributed by atoms with Gasteiger partial charge in [-0.2, -0.15) is 26.3 Å². The van der Waals surface area contributed by atoms with Gasteiger partial charge >= 0.3 is 18.5 Å². The minimum absolute atomic E-state index is 0.116. The maximum Gasteiger partial charge on any atom is 0.510 e. The second-order valence-electron chi connectivity index (χ2n) is 3.52. The summed E-state index contributed by atoms with van der Waals surface area (Å²) in [5, 5.41) is 0. The van der Waals surface area contributed by atoms with Crippen LogP contribution in [0.25, 0.3) is 0 Å². The van der Waals surface area contributed by atoms with Gasteiger partial charge in [-0.15, -0.1) is 0 Å². The van der Waals surface area contributed by atoms with Gasteiger partial charge in [-0.25, -0.2) is 4.79 Å². The fraction of sp³-hybridized carbons (Fsp3) is 0.857. The Morgan fingerprint density at radius 1 is 0.875 bits per heavy atom. The van der Waals surface area contributed by atoms with Crippen molar-refractivity contribution in [1.82, 2.24) is 0 Å². The van der Waals surface area contributed by atoms with Crippen molar-refractivity contribution in [2.75, 3.05) is 0 Å². The highest BCUT2D eigenvalue weighted by Crippen LogP contribution is 2.54. The number of carbonyl (C=O) groups is 1. The molecule has 2 atom stereocenters. The molecule has 0 spiro atoms. The maximum absolute atomic E-state index is 12.5. The van der Waals surface area contributed by atoms with E-state index in [2.05, 4.69) is 9.47 Å². The molecule has 3 nitrogen and oxygen atoms in total. The molecule has 1 fully saturated rings. The zero-order valence-corrected chi connectivity index (χ0v) is 7.99. The topological polar surface area (TPSA) is 35.5 Å². The summed E-state index contributed by atoms with van der Waals surface area (Å²) in [4.78, 5) is 10.5. The van der Waals surface area contributed by atoms with E-state index < -0.39 is 29.7 Å². The number of hydrogen-bond donors (Lipinski definition) is 0. The largest absolute Gasteiger partial charge is 0.510 e. The molecule has 1 heterocycles. The predicted octanol–water partition coefficient (Wildman–Crippen LogP) is 2.80. The lowest BCUT2D eigenvalue weighted by molar-refractivity contribution is -0.335. The van der Waals surface area contributed by atoms with Gasteiger partial charge in [0.25, 0.3) is 11.2 Å². The van der Waals surface area contributed by atoms with Crippen molar-refractivity contribution in [3.05, 3.63) is 0 Å². The molecule has 0 aromatic rings.